The van der Waals surface area contributed by atoms with Crippen molar-refractivity contribution in [1.29, 1.82) is 0 Å². The molecule has 0 fully saturated rings. The van der Waals surface area contributed by atoms with E-state index in [0.29, 0.717) is 27.8 Å². The second-order valence-electron chi connectivity index (χ2n) is 5.19. The van der Waals surface area contributed by atoms with Gasteiger partial charge in [-0.25, -0.2) is 0 Å². The van der Waals surface area contributed by atoms with Gasteiger partial charge >= 0.3 is 0 Å². The van der Waals surface area contributed by atoms with Gasteiger partial charge in [-0.3, -0.25) is 9.59 Å². The fourth-order valence-electron chi connectivity index (χ4n) is 2.14. The number of nitrogens with one attached hydrogen (secondary N) is 1. The summed E-state index contributed by atoms with van der Waals surface area (Å²) in [5.74, 6) is 0.344. The molecule has 0 unspecified atom stereocenters. The van der Waals surface area contributed by atoms with Crippen molar-refractivity contribution in [2.24, 2.45) is 0 Å². The quantitative estimate of drug-likeness (QED) is 0.805. The number of para-hydroxylation sites is 1. The topological polar surface area (TPSA) is 64.6 Å². The highest BCUT2D eigenvalue weighted by atomic mass is 35.5. The molecule has 2 rings (SSSR count). The number of rotatable bonds is 6. The first-order chi connectivity index (χ1) is 11.4. The third-order valence-electron chi connectivity index (χ3n) is 3.38. The summed E-state index contributed by atoms with van der Waals surface area (Å²) in [5, 5.41) is 3.27. The van der Waals surface area contributed by atoms with Crippen LogP contribution >= 0.6 is 11.6 Å². The molecule has 0 aliphatic heterocycles. The first-order valence-electron chi connectivity index (χ1n) is 7.29. The maximum atomic E-state index is 12.1. The van der Waals surface area contributed by atoms with Crippen LogP contribution < -0.4 is 14.8 Å². The standard InChI is InChI=1S/C18H18ClNO4/c1-11-8-15(17(23-3)9-14(11)19)20-18(22)10-24-16-7-5-4-6-13(16)12(2)21/h4-9H,10H2,1-3H3,(H,20,22). The Hall–Kier alpha value is -2.53. The highest BCUT2D eigenvalue weighted by molar-refractivity contribution is 6.31. The minimum absolute atomic E-state index is 0.124. The number of benzene rings is 2. The van der Waals surface area contributed by atoms with Crippen LogP contribution in [0.1, 0.15) is 22.8 Å². The SMILES string of the molecule is COc1cc(Cl)c(C)cc1NC(=O)COc1ccccc1C(C)=O. The average Bonchev–Trinajstić information content (AvgIpc) is 2.56. The number of hydrogen-bond donors (Lipinski definition) is 1. The van der Waals surface area contributed by atoms with Crippen LogP contribution in [-0.2, 0) is 4.79 Å². The molecule has 5 nitrogen and oxygen atoms in total. The van der Waals surface area contributed by atoms with Crippen molar-refractivity contribution in [2.45, 2.75) is 13.8 Å². The Morgan fingerprint density at radius 1 is 1.17 bits per heavy atom. The van der Waals surface area contributed by atoms with Crippen LogP contribution in [-0.4, -0.2) is 25.4 Å². The van der Waals surface area contributed by atoms with Crippen molar-refractivity contribution < 1.29 is 19.1 Å². The van der Waals surface area contributed by atoms with Crippen molar-refractivity contribution in [3.05, 3.63) is 52.5 Å². The van der Waals surface area contributed by atoms with Gasteiger partial charge in [0, 0.05) is 11.1 Å². The molecule has 0 radical (unpaired) electrons. The van der Waals surface area contributed by atoms with Crippen LogP contribution in [0.3, 0.4) is 0 Å². The van der Waals surface area contributed by atoms with E-state index < -0.39 is 0 Å². The molecular weight excluding hydrogens is 330 g/mol. The number of methoxy groups -OCH3 is 1. The van der Waals surface area contributed by atoms with Crippen LogP contribution in [0.15, 0.2) is 36.4 Å². The number of aryl methyl sites for hydroxylation is 1. The Kier molecular flexibility index (Phi) is 5.82. The molecule has 0 spiro atoms. The Bertz CT molecular complexity index is 774. The summed E-state index contributed by atoms with van der Waals surface area (Å²) in [4.78, 5) is 23.7. The Labute approximate surface area is 145 Å². The van der Waals surface area contributed by atoms with Crippen LogP contribution in [0.4, 0.5) is 5.69 Å². The molecule has 2 aromatic carbocycles. The van der Waals surface area contributed by atoms with Crippen LogP contribution in [0, 0.1) is 6.92 Å². The summed E-state index contributed by atoms with van der Waals surface area (Å²) < 4.78 is 10.7. The van der Waals surface area contributed by atoms with E-state index >= 15 is 0 Å². The monoisotopic (exact) mass is 347 g/mol. The molecule has 0 aliphatic rings. The molecule has 0 aliphatic carbocycles. The molecule has 0 atom stereocenters. The number of hydrogen-bond acceptors (Lipinski definition) is 4. The molecule has 6 heteroatoms. The van der Waals surface area contributed by atoms with Crippen LogP contribution in [0.2, 0.25) is 5.02 Å². The highest BCUT2D eigenvalue weighted by Crippen LogP contribution is 2.30. The summed E-state index contributed by atoms with van der Waals surface area (Å²) >= 11 is 6.04. The predicted molar refractivity (Wildman–Crippen MR) is 93.3 cm³/mol. The summed E-state index contributed by atoms with van der Waals surface area (Å²) in [6.45, 7) is 3.05. The van der Waals surface area contributed by atoms with Gasteiger partial charge in [0.25, 0.3) is 5.91 Å². The average molecular weight is 348 g/mol. The zero-order valence-corrected chi connectivity index (χ0v) is 14.4. The lowest BCUT2D eigenvalue weighted by Crippen LogP contribution is -2.21. The van der Waals surface area contributed by atoms with Crippen molar-refractivity contribution in [2.75, 3.05) is 19.0 Å². The molecule has 0 bridgehead atoms. The number of ether oxygens (including phenoxy) is 2. The highest BCUT2D eigenvalue weighted by Gasteiger charge is 2.13. The minimum atomic E-state index is -0.367. The van der Waals surface area contributed by atoms with Crippen LogP contribution in [0.25, 0.3) is 0 Å². The number of anilines is 1. The fraction of sp³-hybridized carbons (Fsp3) is 0.222. The molecule has 1 amide bonds. The largest absolute Gasteiger partial charge is 0.495 e. The van der Waals surface area contributed by atoms with Gasteiger partial charge < -0.3 is 14.8 Å². The molecule has 24 heavy (non-hydrogen) atoms. The van der Waals surface area contributed by atoms with Gasteiger partial charge in [0.05, 0.1) is 18.4 Å². The number of halogens is 1. The summed E-state index contributed by atoms with van der Waals surface area (Å²) in [5.41, 5.74) is 1.76. The molecule has 0 saturated carbocycles. The Morgan fingerprint density at radius 2 is 1.88 bits per heavy atom. The van der Waals surface area contributed by atoms with E-state index in [1.807, 2.05) is 6.92 Å². The Morgan fingerprint density at radius 3 is 2.54 bits per heavy atom. The molecule has 1 N–H and O–H groups in total. The van der Waals surface area contributed by atoms with Gasteiger partial charge in [-0.05, 0) is 37.6 Å². The number of Topliss-reactive ketones (excluding diaryl/α,β-unsaturated/α-hetero) is 1. The first-order valence-corrected chi connectivity index (χ1v) is 7.67. The maximum Gasteiger partial charge on any atom is 0.262 e. The van der Waals surface area contributed by atoms with Gasteiger partial charge in [0.15, 0.2) is 12.4 Å². The van der Waals surface area contributed by atoms with Crippen LogP contribution in [0.5, 0.6) is 11.5 Å². The van der Waals surface area contributed by atoms with E-state index in [0.717, 1.165) is 5.56 Å². The zero-order chi connectivity index (χ0) is 17.7. The van der Waals surface area contributed by atoms with Gasteiger partial charge in [-0.1, -0.05) is 23.7 Å². The van der Waals surface area contributed by atoms with E-state index in [1.54, 1.807) is 36.4 Å². The Balaban J connectivity index is 2.07. The smallest absolute Gasteiger partial charge is 0.262 e. The molecule has 126 valence electrons. The van der Waals surface area contributed by atoms with Crippen molar-refractivity contribution >= 4 is 29.0 Å². The van der Waals surface area contributed by atoms with E-state index in [2.05, 4.69) is 5.32 Å². The second-order valence-corrected chi connectivity index (χ2v) is 5.60. The number of carbonyl (C=O) groups excluding carboxylic acids is 2. The maximum absolute atomic E-state index is 12.1. The normalized spacial score (nSPS) is 10.2. The predicted octanol–water partition coefficient (Wildman–Crippen LogP) is 3.88. The molecule has 0 heterocycles. The second kappa shape index (κ2) is 7.84. The lowest BCUT2D eigenvalue weighted by Gasteiger charge is -2.13. The molecule has 0 aromatic heterocycles. The first kappa shape index (κ1) is 17.8. The summed E-state index contributed by atoms with van der Waals surface area (Å²) in [6.07, 6.45) is 0. The number of amides is 1. The number of ketones is 1. The van der Waals surface area contributed by atoms with E-state index in [1.165, 1.54) is 14.0 Å². The van der Waals surface area contributed by atoms with E-state index in [9.17, 15) is 9.59 Å². The summed E-state index contributed by atoms with van der Waals surface area (Å²) in [6, 6.07) is 10.1. The van der Waals surface area contributed by atoms with Crippen molar-refractivity contribution in [1.82, 2.24) is 0 Å². The van der Waals surface area contributed by atoms with Gasteiger partial charge in [-0.2, -0.15) is 0 Å². The van der Waals surface area contributed by atoms with Gasteiger partial charge in [0.2, 0.25) is 0 Å². The molecule has 0 saturated heterocycles. The number of carbonyl (C=O) groups is 2. The minimum Gasteiger partial charge on any atom is -0.495 e. The summed E-state index contributed by atoms with van der Waals surface area (Å²) in [7, 11) is 1.50. The van der Waals surface area contributed by atoms with Gasteiger partial charge in [0.1, 0.15) is 11.5 Å². The lowest BCUT2D eigenvalue weighted by molar-refractivity contribution is -0.118. The fourth-order valence-corrected chi connectivity index (χ4v) is 2.30. The lowest BCUT2D eigenvalue weighted by atomic mass is 10.1. The molecular formula is C18H18ClNO4. The van der Waals surface area contributed by atoms with E-state index in [4.69, 9.17) is 21.1 Å². The van der Waals surface area contributed by atoms with Crippen molar-refractivity contribution in [3.8, 4) is 11.5 Å². The zero-order valence-electron chi connectivity index (χ0n) is 13.7. The van der Waals surface area contributed by atoms with Gasteiger partial charge in [-0.15, -0.1) is 0 Å². The molecule has 2 aromatic rings. The van der Waals surface area contributed by atoms with Crippen molar-refractivity contribution in [3.63, 3.8) is 0 Å². The van der Waals surface area contributed by atoms with E-state index in [-0.39, 0.29) is 18.3 Å². The third-order valence-corrected chi connectivity index (χ3v) is 3.79. The third kappa shape index (κ3) is 4.26.